The zero-order valence-electron chi connectivity index (χ0n) is 10.7. The fraction of sp³-hybridized carbons (Fsp3) is 0.133. The molecule has 0 aliphatic carbocycles. The summed E-state index contributed by atoms with van der Waals surface area (Å²) >= 11 is 0. The molecule has 2 heterocycles. The highest BCUT2D eigenvalue weighted by Crippen LogP contribution is 2.09. The van der Waals surface area contributed by atoms with Crippen LogP contribution in [0.1, 0.15) is 22.5 Å². The molecule has 0 aliphatic rings. The molecule has 0 bridgehead atoms. The van der Waals surface area contributed by atoms with Crippen molar-refractivity contribution >= 4 is 11.6 Å². The highest BCUT2D eigenvalue weighted by Gasteiger charge is 2.11. The van der Waals surface area contributed by atoms with Gasteiger partial charge in [0.05, 0.1) is 12.2 Å². The van der Waals surface area contributed by atoms with E-state index >= 15 is 0 Å². The molecule has 0 fully saturated rings. The average molecular weight is 267 g/mol. The molecule has 0 aromatic carbocycles. The SMILES string of the molecule is O=C(Nc1ccncc1)c1ncccc1C#CCCO. The Balaban J connectivity index is 2.20. The third-order valence-electron chi connectivity index (χ3n) is 2.42. The van der Waals surface area contributed by atoms with Gasteiger partial charge in [-0.2, -0.15) is 0 Å². The van der Waals surface area contributed by atoms with Gasteiger partial charge in [0.25, 0.3) is 5.91 Å². The number of nitrogens with one attached hydrogen (secondary N) is 1. The molecular formula is C15H13N3O2. The number of aliphatic hydroxyl groups excluding tert-OH is 1. The smallest absolute Gasteiger partial charge is 0.275 e. The zero-order valence-corrected chi connectivity index (χ0v) is 10.7. The Bertz CT molecular complexity index is 645. The van der Waals surface area contributed by atoms with Gasteiger partial charge in [0.2, 0.25) is 0 Å². The van der Waals surface area contributed by atoms with Crippen LogP contribution in [0.15, 0.2) is 42.9 Å². The largest absolute Gasteiger partial charge is 0.395 e. The van der Waals surface area contributed by atoms with E-state index in [0.717, 1.165) is 0 Å². The molecule has 2 aromatic heterocycles. The number of amides is 1. The van der Waals surface area contributed by atoms with Gasteiger partial charge in [0.1, 0.15) is 5.69 Å². The van der Waals surface area contributed by atoms with Crippen LogP contribution in [0.4, 0.5) is 5.69 Å². The number of carbonyl (C=O) groups excluding carboxylic acids is 1. The number of aliphatic hydroxyl groups is 1. The van der Waals surface area contributed by atoms with Gasteiger partial charge in [-0.3, -0.25) is 9.78 Å². The molecule has 0 saturated heterocycles. The van der Waals surface area contributed by atoms with E-state index in [2.05, 4.69) is 27.1 Å². The number of anilines is 1. The van der Waals surface area contributed by atoms with Gasteiger partial charge in [0, 0.05) is 30.7 Å². The second-order valence-corrected chi connectivity index (χ2v) is 3.86. The molecule has 20 heavy (non-hydrogen) atoms. The fourth-order valence-electron chi connectivity index (χ4n) is 1.53. The molecule has 0 radical (unpaired) electrons. The van der Waals surface area contributed by atoms with E-state index in [9.17, 15) is 4.79 Å². The Morgan fingerprint density at radius 1 is 1.25 bits per heavy atom. The second-order valence-electron chi connectivity index (χ2n) is 3.86. The van der Waals surface area contributed by atoms with E-state index in [0.29, 0.717) is 17.7 Å². The first-order valence-electron chi connectivity index (χ1n) is 6.07. The molecule has 2 N–H and O–H groups in total. The van der Waals surface area contributed by atoms with Crippen molar-refractivity contribution in [3.05, 3.63) is 54.1 Å². The Kier molecular flexibility index (Phi) is 4.81. The van der Waals surface area contributed by atoms with Crippen LogP contribution in [-0.2, 0) is 0 Å². The van der Waals surface area contributed by atoms with Crippen LogP contribution in [0, 0.1) is 11.8 Å². The standard InChI is InChI=1S/C15H13N3O2/c19-11-2-1-4-12-5-3-8-17-14(12)15(20)18-13-6-9-16-10-7-13/h3,5-10,19H,2,11H2,(H,16,18,20). The van der Waals surface area contributed by atoms with Crippen LogP contribution in [0.25, 0.3) is 0 Å². The monoisotopic (exact) mass is 267 g/mol. The van der Waals surface area contributed by atoms with E-state index < -0.39 is 0 Å². The first kappa shape index (κ1) is 13.7. The predicted octanol–water partition coefficient (Wildman–Crippen LogP) is 1.46. The van der Waals surface area contributed by atoms with Crippen molar-refractivity contribution in [3.63, 3.8) is 0 Å². The molecule has 0 spiro atoms. The van der Waals surface area contributed by atoms with E-state index in [-0.39, 0.29) is 18.2 Å². The topological polar surface area (TPSA) is 75.1 Å². The van der Waals surface area contributed by atoms with Gasteiger partial charge in [-0.25, -0.2) is 4.98 Å². The van der Waals surface area contributed by atoms with Crippen molar-refractivity contribution in [2.75, 3.05) is 11.9 Å². The predicted molar refractivity (Wildman–Crippen MR) is 75.0 cm³/mol. The van der Waals surface area contributed by atoms with E-state index in [1.807, 2.05) is 0 Å². The highest BCUT2D eigenvalue weighted by molar-refractivity contribution is 6.04. The Hall–Kier alpha value is -2.71. The fourth-order valence-corrected chi connectivity index (χ4v) is 1.53. The summed E-state index contributed by atoms with van der Waals surface area (Å²) in [6, 6.07) is 6.82. The number of hydrogen-bond acceptors (Lipinski definition) is 4. The first-order chi connectivity index (χ1) is 9.81. The van der Waals surface area contributed by atoms with Crippen LogP contribution in [-0.4, -0.2) is 27.6 Å². The molecule has 100 valence electrons. The van der Waals surface area contributed by atoms with Gasteiger partial charge in [-0.15, -0.1) is 0 Å². The van der Waals surface area contributed by atoms with Crippen molar-refractivity contribution in [2.24, 2.45) is 0 Å². The third-order valence-corrected chi connectivity index (χ3v) is 2.42. The number of rotatable bonds is 3. The summed E-state index contributed by atoms with van der Waals surface area (Å²) < 4.78 is 0. The molecule has 5 heteroatoms. The normalized spacial score (nSPS) is 9.45. The molecular weight excluding hydrogens is 254 g/mol. The summed E-state index contributed by atoms with van der Waals surface area (Å²) in [5.74, 6) is 5.29. The lowest BCUT2D eigenvalue weighted by Crippen LogP contribution is -2.15. The summed E-state index contributed by atoms with van der Waals surface area (Å²) in [5.41, 5.74) is 1.44. The van der Waals surface area contributed by atoms with Crippen molar-refractivity contribution < 1.29 is 9.90 Å². The Morgan fingerprint density at radius 3 is 2.80 bits per heavy atom. The lowest BCUT2D eigenvalue weighted by Gasteiger charge is -2.05. The third kappa shape index (κ3) is 3.64. The molecule has 2 aromatic rings. The Morgan fingerprint density at radius 2 is 2.05 bits per heavy atom. The van der Waals surface area contributed by atoms with E-state index in [1.54, 1.807) is 42.9 Å². The van der Waals surface area contributed by atoms with Gasteiger partial charge in [-0.1, -0.05) is 11.8 Å². The summed E-state index contributed by atoms with van der Waals surface area (Å²) in [7, 11) is 0. The van der Waals surface area contributed by atoms with E-state index in [1.165, 1.54) is 0 Å². The number of aromatic nitrogens is 2. The minimum Gasteiger partial charge on any atom is -0.395 e. The van der Waals surface area contributed by atoms with Crippen LogP contribution < -0.4 is 5.32 Å². The van der Waals surface area contributed by atoms with Crippen LogP contribution in [0.5, 0.6) is 0 Å². The number of carbonyl (C=O) groups is 1. The zero-order chi connectivity index (χ0) is 14.2. The van der Waals surface area contributed by atoms with Gasteiger partial charge < -0.3 is 10.4 Å². The molecule has 2 rings (SSSR count). The average Bonchev–Trinajstić information content (AvgIpc) is 2.49. The number of nitrogens with zero attached hydrogens (tertiary/aromatic N) is 2. The van der Waals surface area contributed by atoms with Crippen LogP contribution >= 0.6 is 0 Å². The molecule has 0 saturated carbocycles. The van der Waals surface area contributed by atoms with Crippen molar-refractivity contribution in [2.45, 2.75) is 6.42 Å². The molecule has 0 aliphatic heterocycles. The minimum absolute atomic E-state index is 0.00813. The first-order valence-corrected chi connectivity index (χ1v) is 6.07. The number of hydrogen-bond donors (Lipinski definition) is 2. The summed E-state index contributed by atoms with van der Waals surface area (Å²) in [5, 5.41) is 11.4. The van der Waals surface area contributed by atoms with Crippen molar-refractivity contribution in [1.82, 2.24) is 9.97 Å². The van der Waals surface area contributed by atoms with Crippen molar-refractivity contribution in [1.29, 1.82) is 0 Å². The second kappa shape index (κ2) is 7.02. The van der Waals surface area contributed by atoms with Crippen molar-refractivity contribution in [3.8, 4) is 11.8 Å². The Labute approximate surface area is 116 Å². The maximum atomic E-state index is 12.2. The van der Waals surface area contributed by atoms with Crippen LogP contribution in [0.2, 0.25) is 0 Å². The maximum absolute atomic E-state index is 12.2. The lowest BCUT2D eigenvalue weighted by atomic mass is 10.2. The summed E-state index contributed by atoms with van der Waals surface area (Å²) in [4.78, 5) is 20.1. The maximum Gasteiger partial charge on any atom is 0.275 e. The number of pyridine rings is 2. The van der Waals surface area contributed by atoms with Gasteiger partial charge >= 0.3 is 0 Å². The summed E-state index contributed by atoms with van der Waals surface area (Å²) in [6.07, 6.45) is 5.09. The van der Waals surface area contributed by atoms with Crippen LogP contribution in [0.3, 0.4) is 0 Å². The lowest BCUT2D eigenvalue weighted by molar-refractivity contribution is 0.102. The summed E-state index contributed by atoms with van der Waals surface area (Å²) in [6.45, 7) is -0.00813. The molecule has 1 amide bonds. The quantitative estimate of drug-likeness (QED) is 0.826. The highest BCUT2D eigenvalue weighted by atomic mass is 16.2. The van der Waals surface area contributed by atoms with Gasteiger partial charge in [-0.05, 0) is 24.3 Å². The molecule has 0 unspecified atom stereocenters. The molecule has 0 atom stereocenters. The molecule has 5 nitrogen and oxygen atoms in total. The van der Waals surface area contributed by atoms with Gasteiger partial charge in [0.15, 0.2) is 0 Å². The van der Waals surface area contributed by atoms with E-state index in [4.69, 9.17) is 5.11 Å². The minimum atomic E-state index is -0.329.